The van der Waals surface area contributed by atoms with Crippen LogP contribution in [0.25, 0.3) is 11.0 Å². The highest BCUT2D eigenvalue weighted by atomic mass is 15.3. The van der Waals surface area contributed by atoms with Crippen molar-refractivity contribution in [1.82, 2.24) is 4.57 Å². The first-order valence-electron chi connectivity index (χ1n) is 7.52. The van der Waals surface area contributed by atoms with E-state index in [1.54, 1.807) is 4.90 Å². The largest absolute Gasteiger partial charge is 0.358 e. The summed E-state index contributed by atoms with van der Waals surface area (Å²) >= 11 is 0. The van der Waals surface area contributed by atoms with Gasteiger partial charge in [-0.05, 0) is 12.1 Å². The van der Waals surface area contributed by atoms with Crippen molar-refractivity contribution in [3.8, 4) is 0 Å². The molecule has 4 nitrogen and oxygen atoms in total. The molecule has 0 radical (unpaired) electrons. The third-order valence-electron chi connectivity index (χ3n) is 4.59. The van der Waals surface area contributed by atoms with Crippen LogP contribution in [0.4, 0.5) is 5.95 Å². The first kappa shape index (κ1) is 11.3. The minimum absolute atomic E-state index is 1.07. The first-order chi connectivity index (χ1) is 9.43. The molecule has 4 rings (SSSR count). The molecule has 3 heterocycles. The van der Waals surface area contributed by atoms with E-state index in [0.717, 1.165) is 19.6 Å². The number of nitrogens with one attached hydrogen (secondary N) is 2. The minimum atomic E-state index is 1.07. The predicted molar refractivity (Wildman–Crippen MR) is 75.4 cm³/mol. The number of nitrogens with zero attached hydrogens (tertiary/aromatic N) is 2. The summed E-state index contributed by atoms with van der Waals surface area (Å²) in [5.41, 5.74) is 2.75. The first-order valence-corrected chi connectivity index (χ1v) is 7.52. The molecule has 1 aromatic heterocycles. The maximum absolute atomic E-state index is 3.55. The Morgan fingerprint density at radius 3 is 2.95 bits per heavy atom. The molecule has 2 N–H and O–H groups in total. The molecule has 100 valence electrons. The molecule has 2 aromatic rings. The lowest BCUT2D eigenvalue weighted by atomic mass is 10.3. The normalized spacial score (nSPS) is 18.9. The van der Waals surface area contributed by atoms with Gasteiger partial charge < -0.3 is 4.90 Å². The number of quaternary nitrogens is 1. The van der Waals surface area contributed by atoms with E-state index < -0.39 is 0 Å². The smallest absolute Gasteiger partial charge is 0.332 e. The van der Waals surface area contributed by atoms with E-state index in [1.165, 1.54) is 49.5 Å². The molecule has 1 saturated heterocycles. The number of hydrogen-bond donors (Lipinski definition) is 2. The van der Waals surface area contributed by atoms with Crippen LogP contribution in [0.2, 0.25) is 0 Å². The Labute approximate surface area is 113 Å². The predicted octanol–water partition coefficient (Wildman–Crippen LogP) is 0.0330. The average molecular weight is 258 g/mol. The summed E-state index contributed by atoms with van der Waals surface area (Å²) in [6.45, 7) is 7.28. The number of imidazole rings is 1. The summed E-state index contributed by atoms with van der Waals surface area (Å²) in [5, 5.41) is 3.55. The van der Waals surface area contributed by atoms with E-state index in [2.05, 4.69) is 38.7 Å². The van der Waals surface area contributed by atoms with E-state index in [0.29, 0.717) is 0 Å². The van der Waals surface area contributed by atoms with Crippen molar-refractivity contribution in [2.24, 2.45) is 0 Å². The maximum Gasteiger partial charge on any atom is 0.358 e. The van der Waals surface area contributed by atoms with Gasteiger partial charge in [0, 0.05) is 12.8 Å². The quantitative estimate of drug-likeness (QED) is 0.747. The summed E-state index contributed by atoms with van der Waals surface area (Å²) in [5.74, 6) is 1.31. The average Bonchev–Trinajstić information content (AvgIpc) is 3.14. The highest BCUT2D eigenvalue weighted by Crippen LogP contribution is 2.19. The number of anilines is 1. The van der Waals surface area contributed by atoms with E-state index >= 15 is 0 Å². The molecular formula is C15H22N4+2. The van der Waals surface area contributed by atoms with Crippen LogP contribution in [0.15, 0.2) is 24.3 Å². The van der Waals surface area contributed by atoms with Crippen LogP contribution in [-0.2, 0) is 13.1 Å². The Morgan fingerprint density at radius 1 is 1.21 bits per heavy atom. The molecule has 0 bridgehead atoms. The highest BCUT2D eigenvalue weighted by molar-refractivity contribution is 5.74. The van der Waals surface area contributed by atoms with Gasteiger partial charge in [-0.15, -0.1) is 0 Å². The van der Waals surface area contributed by atoms with Crippen LogP contribution in [0, 0.1) is 0 Å². The number of para-hydroxylation sites is 2. The van der Waals surface area contributed by atoms with Gasteiger partial charge in [0.1, 0.15) is 30.7 Å². The zero-order valence-electron chi connectivity index (χ0n) is 11.4. The monoisotopic (exact) mass is 258 g/mol. The maximum atomic E-state index is 3.55. The van der Waals surface area contributed by atoms with Crippen LogP contribution in [0.3, 0.4) is 0 Å². The van der Waals surface area contributed by atoms with Crippen molar-refractivity contribution in [3.63, 3.8) is 0 Å². The lowest BCUT2D eigenvalue weighted by Crippen LogP contribution is -3.10. The molecule has 0 amide bonds. The fourth-order valence-corrected chi connectivity index (χ4v) is 3.61. The van der Waals surface area contributed by atoms with Crippen molar-refractivity contribution < 1.29 is 9.47 Å². The van der Waals surface area contributed by atoms with Crippen molar-refractivity contribution >= 4 is 17.0 Å². The van der Waals surface area contributed by atoms with Crippen molar-refractivity contribution in [2.45, 2.75) is 25.9 Å². The Kier molecular flexibility index (Phi) is 2.69. The second kappa shape index (κ2) is 4.53. The zero-order valence-corrected chi connectivity index (χ0v) is 11.4. The molecule has 0 atom stereocenters. The second-order valence-corrected chi connectivity index (χ2v) is 5.75. The van der Waals surface area contributed by atoms with E-state index in [9.17, 15) is 0 Å². The van der Waals surface area contributed by atoms with Gasteiger partial charge in [-0.2, -0.15) is 0 Å². The number of aromatic nitrogens is 2. The lowest BCUT2D eigenvalue weighted by molar-refractivity contribution is -0.888. The number of hydrogen-bond acceptors (Lipinski definition) is 1. The summed E-state index contributed by atoms with van der Waals surface area (Å²) in [6, 6.07) is 8.79. The fraction of sp³-hybridized carbons (Fsp3) is 0.533. The number of fused-ring (bicyclic) bond motifs is 3. The summed E-state index contributed by atoms with van der Waals surface area (Å²) in [4.78, 5) is 1.77. The van der Waals surface area contributed by atoms with Gasteiger partial charge in [-0.3, -0.25) is 5.32 Å². The molecule has 4 heteroatoms. The summed E-state index contributed by atoms with van der Waals surface area (Å²) < 4.78 is 4.91. The molecule has 19 heavy (non-hydrogen) atoms. The van der Waals surface area contributed by atoms with Crippen molar-refractivity contribution in [1.29, 1.82) is 0 Å². The summed E-state index contributed by atoms with van der Waals surface area (Å²) in [6.07, 6.45) is 2.82. The Morgan fingerprint density at radius 2 is 2.05 bits per heavy atom. The van der Waals surface area contributed by atoms with Crippen LogP contribution < -0.4 is 14.8 Å². The van der Waals surface area contributed by atoms with Crippen LogP contribution in [0.5, 0.6) is 0 Å². The molecule has 1 fully saturated rings. The van der Waals surface area contributed by atoms with Gasteiger partial charge >= 0.3 is 5.95 Å². The number of likely N-dealkylation sites (tertiary alicyclic amines) is 1. The SMILES string of the molecule is c1ccc2c(c1)n(CC[NH+]1CCCC1)c1[n+]2CCN1. The fourth-order valence-electron chi connectivity index (χ4n) is 3.61. The number of rotatable bonds is 3. The Bertz CT molecular complexity index is 595. The molecule has 0 saturated carbocycles. The van der Waals surface area contributed by atoms with Gasteiger partial charge in [0.25, 0.3) is 0 Å². The van der Waals surface area contributed by atoms with Crippen LogP contribution in [-0.4, -0.2) is 30.7 Å². The van der Waals surface area contributed by atoms with Gasteiger partial charge in [-0.1, -0.05) is 12.1 Å². The molecule has 0 unspecified atom stereocenters. The molecule has 2 aliphatic rings. The zero-order chi connectivity index (χ0) is 12.7. The summed E-state index contributed by atoms with van der Waals surface area (Å²) in [7, 11) is 0. The molecular weight excluding hydrogens is 236 g/mol. The molecule has 2 aliphatic heterocycles. The molecule has 1 aromatic carbocycles. The topological polar surface area (TPSA) is 25.3 Å². The van der Waals surface area contributed by atoms with E-state index in [1.807, 2.05) is 0 Å². The van der Waals surface area contributed by atoms with E-state index in [-0.39, 0.29) is 0 Å². The third-order valence-corrected chi connectivity index (χ3v) is 4.59. The minimum Gasteiger partial charge on any atom is -0.332 e. The van der Waals surface area contributed by atoms with Crippen LogP contribution in [0.1, 0.15) is 12.8 Å². The van der Waals surface area contributed by atoms with Gasteiger partial charge in [-0.25, -0.2) is 9.13 Å². The van der Waals surface area contributed by atoms with Crippen LogP contribution >= 0.6 is 0 Å². The second-order valence-electron chi connectivity index (χ2n) is 5.75. The highest BCUT2D eigenvalue weighted by Gasteiger charge is 2.28. The van der Waals surface area contributed by atoms with Gasteiger partial charge in [0.15, 0.2) is 0 Å². The Hall–Kier alpha value is -1.55. The van der Waals surface area contributed by atoms with Crippen molar-refractivity contribution in [2.75, 3.05) is 31.5 Å². The standard InChI is InChI=1S/C15H20N4/c1-2-6-14-13(5-1)18-10-7-16-15(18)19(14)12-11-17-8-3-4-9-17/h1-2,5-6H,3-4,7-12H2/p+2. The molecule has 0 spiro atoms. The third kappa shape index (κ3) is 1.82. The Balaban J connectivity index is 1.68. The molecule has 0 aliphatic carbocycles. The van der Waals surface area contributed by atoms with E-state index in [4.69, 9.17) is 0 Å². The van der Waals surface area contributed by atoms with Gasteiger partial charge in [0.2, 0.25) is 0 Å². The number of benzene rings is 1. The van der Waals surface area contributed by atoms with Crippen molar-refractivity contribution in [3.05, 3.63) is 24.3 Å². The van der Waals surface area contributed by atoms with Gasteiger partial charge in [0.05, 0.1) is 19.6 Å². The lowest BCUT2D eigenvalue weighted by Gasteiger charge is -2.11.